The van der Waals surface area contributed by atoms with Crippen molar-refractivity contribution in [3.63, 3.8) is 0 Å². The lowest BCUT2D eigenvalue weighted by molar-refractivity contribution is -0.124. The molecule has 3 aromatic carbocycles. The number of terminal acetylenes is 1. The van der Waals surface area contributed by atoms with Gasteiger partial charge in [-0.15, -0.1) is 0 Å². The van der Waals surface area contributed by atoms with Crippen LogP contribution in [0.25, 0.3) is 16.8 Å². The molecule has 0 aromatic heterocycles. The molecule has 7 heteroatoms. The second kappa shape index (κ2) is 16.3. The Hall–Kier alpha value is -4.41. The summed E-state index contributed by atoms with van der Waals surface area (Å²) in [5.41, 5.74) is 5.77. The van der Waals surface area contributed by atoms with Crippen LogP contribution >= 0.6 is 0 Å². The largest absolute Gasteiger partial charge is 0.377 e. The minimum atomic E-state index is -0.569. The van der Waals surface area contributed by atoms with Crippen molar-refractivity contribution in [3.05, 3.63) is 77.9 Å². The topological polar surface area (TPSA) is 98.7 Å². The molecule has 0 aliphatic rings. The summed E-state index contributed by atoms with van der Waals surface area (Å²) in [4.78, 5) is 28.8. The third-order valence-corrected chi connectivity index (χ3v) is 4.26. The van der Waals surface area contributed by atoms with E-state index in [0.717, 1.165) is 11.3 Å². The van der Waals surface area contributed by atoms with Crippen molar-refractivity contribution in [2.45, 2.75) is 6.92 Å². The lowest BCUT2D eigenvalue weighted by atomic mass is 10.0. The Morgan fingerprint density at radius 3 is 2.09 bits per heavy atom. The van der Waals surface area contributed by atoms with Crippen molar-refractivity contribution in [1.29, 1.82) is 0 Å². The first kappa shape index (κ1) is 28.6. The number of carbonyl (C=O) groups excluding carboxylic acids is 3. The van der Waals surface area contributed by atoms with Gasteiger partial charge in [-0.05, 0) is 47.7 Å². The van der Waals surface area contributed by atoms with Crippen LogP contribution in [0.4, 0.5) is 11.4 Å². The number of amides is 1. The number of hydrogen-bond donors (Lipinski definition) is 3. The summed E-state index contributed by atoms with van der Waals surface area (Å²) < 4.78 is 0. The molecule has 3 rings (SSSR count). The number of rotatable bonds is 4. The molecule has 0 heterocycles. The SMILES string of the molecule is C#CNc1ccc(/C=C/C(=O)NO)cc1.C=O.C=O.Cc1cccc2c(N(C)C)cccc12. The van der Waals surface area contributed by atoms with Crippen LogP contribution in [-0.2, 0) is 14.4 Å². The van der Waals surface area contributed by atoms with Gasteiger partial charge in [-0.2, -0.15) is 0 Å². The van der Waals surface area contributed by atoms with E-state index in [0.29, 0.717) is 0 Å². The Morgan fingerprint density at radius 2 is 1.55 bits per heavy atom. The summed E-state index contributed by atoms with van der Waals surface area (Å²) in [7, 11) is 4.16. The number of hydrogen-bond acceptors (Lipinski definition) is 6. The maximum atomic E-state index is 10.7. The van der Waals surface area contributed by atoms with Gasteiger partial charge in [0, 0.05) is 43.0 Å². The van der Waals surface area contributed by atoms with Gasteiger partial charge in [0.1, 0.15) is 13.6 Å². The van der Waals surface area contributed by atoms with Crippen LogP contribution in [0.1, 0.15) is 11.1 Å². The lowest BCUT2D eigenvalue weighted by Crippen LogP contribution is -2.14. The van der Waals surface area contributed by atoms with E-state index in [1.54, 1.807) is 30.3 Å². The van der Waals surface area contributed by atoms with Crippen LogP contribution in [0.2, 0.25) is 0 Å². The van der Waals surface area contributed by atoms with Crippen molar-refractivity contribution < 1.29 is 19.6 Å². The Balaban J connectivity index is 0.000000540. The molecule has 0 unspecified atom stereocenters. The van der Waals surface area contributed by atoms with Gasteiger partial charge < -0.3 is 19.8 Å². The van der Waals surface area contributed by atoms with Crippen molar-refractivity contribution in [2.24, 2.45) is 0 Å². The first-order valence-electron chi connectivity index (χ1n) is 9.63. The predicted octanol–water partition coefficient (Wildman–Crippen LogP) is 4.05. The van der Waals surface area contributed by atoms with Gasteiger partial charge in [0.2, 0.25) is 0 Å². The molecule has 1 amide bonds. The highest BCUT2D eigenvalue weighted by atomic mass is 16.5. The summed E-state index contributed by atoms with van der Waals surface area (Å²) in [6.45, 7) is 6.15. The van der Waals surface area contributed by atoms with Crippen molar-refractivity contribution in [1.82, 2.24) is 5.48 Å². The van der Waals surface area contributed by atoms with Gasteiger partial charge in [0.05, 0.1) is 0 Å². The normalized spacial score (nSPS) is 9.06. The van der Waals surface area contributed by atoms with Crippen LogP contribution in [0.5, 0.6) is 0 Å². The second-order valence-corrected chi connectivity index (χ2v) is 6.54. The van der Waals surface area contributed by atoms with E-state index in [4.69, 9.17) is 21.2 Å². The molecule has 3 aromatic rings. The van der Waals surface area contributed by atoms with Crippen LogP contribution in [0, 0.1) is 19.4 Å². The minimum Gasteiger partial charge on any atom is -0.377 e. The number of aryl methyl sites for hydroxylation is 1. The fourth-order valence-electron chi connectivity index (χ4n) is 2.81. The van der Waals surface area contributed by atoms with E-state index >= 15 is 0 Å². The number of anilines is 2. The molecular weight excluding hydrogens is 418 g/mol. The average Bonchev–Trinajstić information content (AvgIpc) is 2.86. The smallest absolute Gasteiger partial charge is 0.267 e. The predicted molar refractivity (Wildman–Crippen MR) is 135 cm³/mol. The van der Waals surface area contributed by atoms with Crippen LogP contribution < -0.4 is 15.7 Å². The summed E-state index contributed by atoms with van der Waals surface area (Å²) in [6, 6.07) is 22.4. The monoisotopic (exact) mass is 447 g/mol. The molecule has 0 saturated carbocycles. The fraction of sp³-hybridized carbons (Fsp3) is 0.115. The summed E-state index contributed by atoms with van der Waals surface area (Å²) in [5, 5.41) is 13.6. The maximum absolute atomic E-state index is 10.7. The van der Waals surface area contributed by atoms with Crippen molar-refractivity contribution in [2.75, 3.05) is 24.3 Å². The van der Waals surface area contributed by atoms with Gasteiger partial charge in [-0.1, -0.05) is 48.9 Å². The number of carbonyl (C=O) groups is 3. The van der Waals surface area contributed by atoms with Gasteiger partial charge in [0.15, 0.2) is 0 Å². The van der Waals surface area contributed by atoms with Crippen LogP contribution in [0.15, 0.2) is 66.7 Å². The molecule has 33 heavy (non-hydrogen) atoms. The zero-order valence-electron chi connectivity index (χ0n) is 19.0. The Kier molecular flexibility index (Phi) is 14.1. The molecule has 3 N–H and O–H groups in total. The maximum Gasteiger partial charge on any atom is 0.267 e. The van der Waals surface area contributed by atoms with Crippen LogP contribution in [-0.4, -0.2) is 38.8 Å². The molecule has 0 spiro atoms. The molecule has 0 saturated heterocycles. The van der Waals surface area contributed by atoms with E-state index in [1.165, 1.54) is 33.6 Å². The first-order chi connectivity index (χ1) is 16.0. The third-order valence-electron chi connectivity index (χ3n) is 4.26. The molecule has 172 valence electrons. The van der Waals surface area contributed by atoms with E-state index in [-0.39, 0.29) is 0 Å². The molecule has 0 bridgehead atoms. The van der Waals surface area contributed by atoms with E-state index in [1.807, 2.05) is 13.6 Å². The molecule has 7 nitrogen and oxygen atoms in total. The second-order valence-electron chi connectivity index (χ2n) is 6.54. The highest BCUT2D eigenvalue weighted by Crippen LogP contribution is 2.27. The summed E-state index contributed by atoms with van der Waals surface area (Å²) in [5.74, 6) is -0.569. The molecule has 0 fully saturated rings. The molecule has 0 atom stereocenters. The Bertz CT molecular complexity index is 1070. The standard InChI is InChI=1S/C13H15N.C11H10N2O2.2CH2O/c1-10-6-4-8-12-11(10)7-5-9-13(12)14(2)3;1-2-12-10-6-3-9(4-7-10)5-8-11(14)13-15;2*1-2/h4-9H,1-3H3;1,3-8,12,15H,(H,13,14);2*1H2/b;8-5+;;. The van der Waals surface area contributed by atoms with Gasteiger partial charge >= 0.3 is 0 Å². The highest BCUT2D eigenvalue weighted by Gasteiger charge is 2.02. The van der Waals surface area contributed by atoms with E-state index in [9.17, 15) is 4.79 Å². The minimum absolute atomic E-state index is 0.569. The van der Waals surface area contributed by atoms with Gasteiger partial charge in [0.25, 0.3) is 5.91 Å². The summed E-state index contributed by atoms with van der Waals surface area (Å²) in [6.07, 6.45) is 7.86. The van der Waals surface area contributed by atoms with Gasteiger partial charge in [-0.25, -0.2) is 5.48 Å². The number of hydroxylamine groups is 1. The molecule has 0 aliphatic heterocycles. The quantitative estimate of drug-likeness (QED) is 0.183. The van der Waals surface area contributed by atoms with Crippen molar-refractivity contribution >= 4 is 47.7 Å². The Morgan fingerprint density at radius 1 is 0.970 bits per heavy atom. The van der Waals surface area contributed by atoms with E-state index in [2.05, 4.69) is 73.7 Å². The fourth-order valence-corrected chi connectivity index (χ4v) is 2.81. The molecule has 0 aliphatic carbocycles. The first-order valence-corrected chi connectivity index (χ1v) is 9.63. The lowest BCUT2D eigenvalue weighted by Gasteiger charge is -2.15. The Labute approximate surface area is 194 Å². The highest BCUT2D eigenvalue weighted by molar-refractivity contribution is 5.96. The summed E-state index contributed by atoms with van der Waals surface area (Å²) >= 11 is 0. The van der Waals surface area contributed by atoms with Gasteiger partial charge in [-0.3, -0.25) is 10.0 Å². The van der Waals surface area contributed by atoms with Crippen molar-refractivity contribution in [3.8, 4) is 12.5 Å². The molecular formula is C26H29N3O4. The van der Waals surface area contributed by atoms with Crippen LogP contribution in [0.3, 0.4) is 0 Å². The number of benzene rings is 3. The zero-order valence-corrected chi connectivity index (χ0v) is 19.0. The average molecular weight is 448 g/mol. The number of nitrogens with zero attached hydrogens (tertiary/aromatic N) is 1. The number of fused-ring (bicyclic) bond motifs is 1. The third kappa shape index (κ3) is 9.51. The zero-order chi connectivity index (χ0) is 25.2. The number of nitrogens with one attached hydrogen (secondary N) is 2. The molecule has 0 radical (unpaired) electrons. The van der Waals surface area contributed by atoms with E-state index < -0.39 is 5.91 Å².